The second-order valence-corrected chi connectivity index (χ2v) is 4.66. The van der Waals surface area contributed by atoms with Crippen molar-refractivity contribution in [3.8, 4) is 0 Å². The normalized spacial score (nSPS) is 15.8. The Labute approximate surface area is 101 Å². The first-order valence-electron chi connectivity index (χ1n) is 4.58. The lowest BCUT2D eigenvalue weighted by atomic mass is 10.1. The summed E-state index contributed by atoms with van der Waals surface area (Å²) in [4.78, 5) is 10.5. The molecule has 0 atom stereocenters. The Kier molecular flexibility index (Phi) is 3.06. The second-order valence-electron chi connectivity index (χ2n) is 3.42. The minimum atomic E-state index is -0.351. The van der Waals surface area contributed by atoms with E-state index in [0.29, 0.717) is 11.7 Å². The van der Waals surface area contributed by atoms with Gasteiger partial charge in [0.25, 0.3) is 5.69 Å². The SMILES string of the molecule is O=[N+]([O-])c1cc(I)ccc1NC1CNC1. The van der Waals surface area contributed by atoms with Crippen molar-refractivity contribution in [1.29, 1.82) is 0 Å². The summed E-state index contributed by atoms with van der Waals surface area (Å²) in [5.41, 5.74) is 0.751. The molecule has 0 unspecified atom stereocenters. The predicted octanol–water partition coefficient (Wildman–Crippen LogP) is 1.58. The zero-order valence-corrected chi connectivity index (χ0v) is 10.0. The van der Waals surface area contributed by atoms with Gasteiger partial charge in [0.2, 0.25) is 0 Å². The lowest BCUT2D eigenvalue weighted by molar-refractivity contribution is -0.384. The number of nitrogens with one attached hydrogen (secondary N) is 2. The molecule has 1 aliphatic heterocycles. The summed E-state index contributed by atoms with van der Waals surface area (Å²) < 4.78 is 0.872. The number of nitro benzene ring substituents is 1. The van der Waals surface area contributed by atoms with Crippen LogP contribution in [0.15, 0.2) is 18.2 Å². The first-order chi connectivity index (χ1) is 7.16. The fourth-order valence-electron chi connectivity index (χ4n) is 1.39. The van der Waals surface area contributed by atoms with E-state index in [-0.39, 0.29) is 10.6 Å². The summed E-state index contributed by atoms with van der Waals surface area (Å²) in [5, 5.41) is 17.1. The Morgan fingerprint density at radius 3 is 2.80 bits per heavy atom. The lowest BCUT2D eigenvalue weighted by Gasteiger charge is -2.28. The van der Waals surface area contributed by atoms with Crippen molar-refractivity contribution in [2.24, 2.45) is 0 Å². The highest BCUT2D eigenvalue weighted by molar-refractivity contribution is 14.1. The van der Waals surface area contributed by atoms with Gasteiger partial charge in [0.1, 0.15) is 5.69 Å². The highest BCUT2D eigenvalue weighted by Gasteiger charge is 2.21. The molecule has 0 aliphatic carbocycles. The minimum absolute atomic E-state index is 0.147. The van der Waals surface area contributed by atoms with Crippen LogP contribution in [0.1, 0.15) is 0 Å². The Balaban J connectivity index is 2.23. The smallest absolute Gasteiger partial charge is 0.293 e. The Bertz CT molecular complexity index is 393. The first-order valence-corrected chi connectivity index (χ1v) is 5.66. The Morgan fingerprint density at radius 2 is 2.27 bits per heavy atom. The van der Waals surface area contributed by atoms with Crippen LogP contribution in [0.3, 0.4) is 0 Å². The number of benzene rings is 1. The fraction of sp³-hybridized carbons (Fsp3) is 0.333. The predicted molar refractivity (Wildman–Crippen MR) is 66.1 cm³/mol. The number of nitrogens with zero attached hydrogens (tertiary/aromatic N) is 1. The molecule has 0 aromatic heterocycles. The van der Waals surface area contributed by atoms with E-state index in [1.807, 2.05) is 6.07 Å². The summed E-state index contributed by atoms with van der Waals surface area (Å²) in [7, 11) is 0. The van der Waals surface area contributed by atoms with E-state index in [4.69, 9.17) is 0 Å². The third-order valence-electron chi connectivity index (χ3n) is 2.30. The van der Waals surface area contributed by atoms with Crippen molar-refractivity contribution < 1.29 is 4.92 Å². The number of halogens is 1. The van der Waals surface area contributed by atoms with Crippen LogP contribution in [0.5, 0.6) is 0 Å². The standard InChI is InChI=1S/C9H10IN3O2/c10-6-1-2-8(9(3-6)13(14)15)12-7-4-11-5-7/h1-3,7,11-12H,4-5H2. The van der Waals surface area contributed by atoms with Crippen LogP contribution in [0.2, 0.25) is 0 Å². The van der Waals surface area contributed by atoms with Crippen molar-refractivity contribution in [2.45, 2.75) is 6.04 Å². The molecule has 2 rings (SSSR count). The Hall–Kier alpha value is -0.890. The van der Waals surface area contributed by atoms with Crippen molar-refractivity contribution >= 4 is 34.0 Å². The maximum absolute atomic E-state index is 10.8. The summed E-state index contributed by atoms with van der Waals surface area (Å²) >= 11 is 2.07. The Morgan fingerprint density at radius 1 is 1.53 bits per heavy atom. The van der Waals surface area contributed by atoms with E-state index in [1.165, 1.54) is 0 Å². The zero-order valence-electron chi connectivity index (χ0n) is 7.87. The molecule has 5 nitrogen and oxygen atoms in total. The van der Waals surface area contributed by atoms with Gasteiger partial charge in [-0.2, -0.15) is 0 Å². The van der Waals surface area contributed by atoms with Crippen LogP contribution in [0.4, 0.5) is 11.4 Å². The van der Waals surface area contributed by atoms with Gasteiger partial charge in [-0.3, -0.25) is 10.1 Å². The van der Waals surface area contributed by atoms with E-state index >= 15 is 0 Å². The van der Waals surface area contributed by atoms with E-state index < -0.39 is 0 Å². The first kappa shape index (κ1) is 10.6. The molecule has 1 aromatic carbocycles. The van der Waals surface area contributed by atoms with Gasteiger partial charge in [-0.15, -0.1) is 0 Å². The lowest BCUT2D eigenvalue weighted by Crippen LogP contribution is -2.51. The van der Waals surface area contributed by atoms with Gasteiger partial charge < -0.3 is 10.6 Å². The van der Waals surface area contributed by atoms with Gasteiger partial charge >= 0.3 is 0 Å². The number of hydrogen-bond donors (Lipinski definition) is 2. The molecule has 1 fully saturated rings. The van der Waals surface area contributed by atoms with Crippen LogP contribution >= 0.6 is 22.6 Å². The van der Waals surface area contributed by atoms with Gasteiger partial charge in [-0.1, -0.05) is 0 Å². The molecule has 0 amide bonds. The van der Waals surface area contributed by atoms with Gasteiger partial charge in [0.05, 0.1) is 11.0 Å². The molecule has 0 saturated carbocycles. The van der Waals surface area contributed by atoms with Crippen molar-refractivity contribution in [2.75, 3.05) is 18.4 Å². The van der Waals surface area contributed by atoms with Crippen molar-refractivity contribution in [3.63, 3.8) is 0 Å². The fourth-order valence-corrected chi connectivity index (χ4v) is 1.86. The molecule has 1 aromatic rings. The molecular formula is C9H10IN3O2. The number of nitro groups is 1. The average molecular weight is 319 g/mol. The minimum Gasteiger partial charge on any atom is -0.374 e. The van der Waals surface area contributed by atoms with E-state index in [9.17, 15) is 10.1 Å². The molecule has 0 spiro atoms. The third kappa shape index (κ3) is 2.37. The van der Waals surface area contributed by atoms with Gasteiger partial charge in [-0.25, -0.2) is 0 Å². The van der Waals surface area contributed by atoms with Gasteiger partial charge in [0, 0.05) is 22.7 Å². The van der Waals surface area contributed by atoms with Gasteiger partial charge in [-0.05, 0) is 34.7 Å². The van der Waals surface area contributed by atoms with Crippen LogP contribution in [0, 0.1) is 13.7 Å². The maximum atomic E-state index is 10.8. The highest BCUT2D eigenvalue weighted by Crippen LogP contribution is 2.27. The summed E-state index contributed by atoms with van der Waals surface area (Å²) in [5.74, 6) is 0. The third-order valence-corrected chi connectivity index (χ3v) is 2.97. The molecule has 15 heavy (non-hydrogen) atoms. The molecule has 0 radical (unpaired) electrons. The van der Waals surface area contributed by atoms with Crippen LogP contribution in [-0.2, 0) is 0 Å². The summed E-state index contributed by atoms with van der Waals surface area (Å²) in [6, 6.07) is 5.51. The van der Waals surface area contributed by atoms with Crippen molar-refractivity contribution in [1.82, 2.24) is 5.32 Å². The zero-order chi connectivity index (χ0) is 10.8. The molecule has 2 N–H and O–H groups in total. The molecule has 6 heteroatoms. The molecular weight excluding hydrogens is 309 g/mol. The average Bonchev–Trinajstić information content (AvgIpc) is 2.12. The highest BCUT2D eigenvalue weighted by atomic mass is 127. The molecule has 1 aliphatic rings. The largest absolute Gasteiger partial charge is 0.374 e. The summed E-state index contributed by atoms with van der Waals surface area (Å²) in [6.45, 7) is 1.73. The quantitative estimate of drug-likeness (QED) is 0.504. The van der Waals surface area contributed by atoms with Crippen LogP contribution in [0.25, 0.3) is 0 Å². The second kappa shape index (κ2) is 4.31. The van der Waals surface area contributed by atoms with E-state index in [1.54, 1.807) is 12.1 Å². The number of anilines is 1. The van der Waals surface area contributed by atoms with Crippen molar-refractivity contribution in [3.05, 3.63) is 31.9 Å². The molecule has 1 saturated heterocycles. The summed E-state index contributed by atoms with van der Waals surface area (Å²) in [6.07, 6.45) is 0. The van der Waals surface area contributed by atoms with Crippen LogP contribution < -0.4 is 10.6 Å². The van der Waals surface area contributed by atoms with Gasteiger partial charge in [0.15, 0.2) is 0 Å². The maximum Gasteiger partial charge on any atom is 0.293 e. The molecule has 80 valence electrons. The van der Waals surface area contributed by atoms with E-state index in [0.717, 1.165) is 16.7 Å². The molecule has 1 heterocycles. The van der Waals surface area contributed by atoms with Crippen LogP contribution in [-0.4, -0.2) is 24.1 Å². The topological polar surface area (TPSA) is 67.2 Å². The number of rotatable bonds is 3. The molecule has 0 bridgehead atoms. The van der Waals surface area contributed by atoms with E-state index in [2.05, 4.69) is 33.2 Å². The number of hydrogen-bond acceptors (Lipinski definition) is 4. The monoisotopic (exact) mass is 319 g/mol.